The highest BCUT2D eigenvalue weighted by atomic mass is 16.1. The maximum absolute atomic E-state index is 11.9. The Balaban J connectivity index is 2.05. The van der Waals surface area contributed by atoms with Crippen LogP contribution in [0.15, 0.2) is 0 Å². The average molecular weight is 178 g/mol. The molecule has 0 saturated heterocycles. The van der Waals surface area contributed by atoms with E-state index in [1.165, 1.54) is 32.1 Å². The summed E-state index contributed by atoms with van der Waals surface area (Å²) in [6, 6.07) is 0. The normalized spacial score (nSPS) is 53.9. The lowest BCUT2D eigenvalue weighted by Crippen LogP contribution is -2.28. The zero-order valence-electron chi connectivity index (χ0n) is 8.38. The summed E-state index contributed by atoms with van der Waals surface area (Å²) in [7, 11) is 0. The highest BCUT2D eigenvalue weighted by Crippen LogP contribution is 2.62. The first-order chi connectivity index (χ1) is 6.22. The second-order valence-corrected chi connectivity index (χ2v) is 5.55. The van der Waals surface area contributed by atoms with Gasteiger partial charge in [-0.3, -0.25) is 4.79 Å². The van der Waals surface area contributed by atoms with Gasteiger partial charge in [-0.15, -0.1) is 0 Å². The molecule has 72 valence electrons. The molecule has 0 radical (unpaired) electrons. The molecule has 3 saturated carbocycles. The summed E-state index contributed by atoms with van der Waals surface area (Å²) in [4.78, 5) is 11.9. The van der Waals surface area contributed by atoms with Gasteiger partial charge in [-0.2, -0.15) is 0 Å². The molecule has 3 aliphatic rings. The smallest absolute Gasteiger partial charge is 0.136 e. The van der Waals surface area contributed by atoms with Crippen molar-refractivity contribution in [3.05, 3.63) is 0 Å². The lowest BCUT2D eigenvalue weighted by Gasteiger charge is -2.29. The summed E-state index contributed by atoms with van der Waals surface area (Å²) < 4.78 is 0. The van der Waals surface area contributed by atoms with Crippen LogP contribution in [0.3, 0.4) is 0 Å². The van der Waals surface area contributed by atoms with E-state index in [1.807, 2.05) is 0 Å². The molecule has 0 heterocycles. The van der Waals surface area contributed by atoms with E-state index in [-0.39, 0.29) is 0 Å². The van der Waals surface area contributed by atoms with Crippen LogP contribution in [0.5, 0.6) is 0 Å². The Morgan fingerprint density at radius 2 is 2.08 bits per heavy atom. The molecule has 1 heteroatoms. The SMILES string of the molecule is CC12CCC3CCC(=O)C1CCC32. The zero-order valence-corrected chi connectivity index (χ0v) is 8.38. The van der Waals surface area contributed by atoms with Crippen LogP contribution >= 0.6 is 0 Å². The minimum Gasteiger partial charge on any atom is -0.299 e. The first kappa shape index (κ1) is 8.02. The van der Waals surface area contributed by atoms with Crippen molar-refractivity contribution < 1.29 is 4.79 Å². The number of hydrogen-bond acceptors (Lipinski definition) is 1. The first-order valence-electron chi connectivity index (χ1n) is 5.74. The second kappa shape index (κ2) is 2.37. The van der Waals surface area contributed by atoms with Crippen LogP contribution in [0.1, 0.15) is 45.4 Å². The molecule has 0 aliphatic heterocycles. The summed E-state index contributed by atoms with van der Waals surface area (Å²) in [5.41, 5.74) is 0.429. The molecule has 0 aromatic carbocycles. The predicted molar refractivity (Wildman–Crippen MR) is 51.3 cm³/mol. The number of Topliss-reactive ketones (excluding diaryl/α,β-unsaturated/α-hetero) is 1. The molecule has 0 N–H and O–H groups in total. The molecular formula is C12H18O. The lowest BCUT2D eigenvalue weighted by atomic mass is 9.74. The van der Waals surface area contributed by atoms with E-state index in [2.05, 4.69) is 6.92 Å². The van der Waals surface area contributed by atoms with E-state index < -0.39 is 0 Å². The monoisotopic (exact) mass is 178 g/mol. The molecule has 3 fully saturated rings. The summed E-state index contributed by atoms with van der Waals surface area (Å²) in [5.74, 6) is 2.85. The van der Waals surface area contributed by atoms with Crippen LogP contribution in [0.25, 0.3) is 0 Å². The molecular weight excluding hydrogens is 160 g/mol. The van der Waals surface area contributed by atoms with Gasteiger partial charge in [-0.05, 0) is 49.4 Å². The highest BCUT2D eigenvalue weighted by Gasteiger charge is 2.56. The van der Waals surface area contributed by atoms with Gasteiger partial charge < -0.3 is 0 Å². The first-order valence-corrected chi connectivity index (χ1v) is 5.74. The molecule has 4 unspecified atom stereocenters. The Morgan fingerprint density at radius 1 is 1.23 bits per heavy atom. The molecule has 0 amide bonds. The van der Waals surface area contributed by atoms with Crippen LogP contribution < -0.4 is 0 Å². The third kappa shape index (κ3) is 0.858. The summed E-state index contributed by atoms with van der Waals surface area (Å²) in [6.45, 7) is 2.39. The zero-order chi connectivity index (χ0) is 9.05. The Hall–Kier alpha value is -0.330. The van der Waals surface area contributed by atoms with Gasteiger partial charge in [0.05, 0.1) is 0 Å². The standard InChI is InChI=1S/C12H18O/c1-12-7-6-8-2-5-11(13)10(12)4-3-9(8)12/h8-10H,2-7H2,1H3. The van der Waals surface area contributed by atoms with E-state index >= 15 is 0 Å². The second-order valence-electron chi connectivity index (χ2n) is 5.55. The van der Waals surface area contributed by atoms with Gasteiger partial charge in [0.1, 0.15) is 5.78 Å². The molecule has 3 aliphatic carbocycles. The Labute approximate surface area is 79.9 Å². The molecule has 3 rings (SSSR count). The fourth-order valence-corrected chi connectivity index (χ4v) is 4.47. The third-order valence-electron chi connectivity index (χ3n) is 5.18. The number of carbonyl (C=O) groups is 1. The topological polar surface area (TPSA) is 17.1 Å². The molecule has 13 heavy (non-hydrogen) atoms. The van der Waals surface area contributed by atoms with E-state index in [9.17, 15) is 4.79 Å². The van der Waals surface area contributed by atoms with Crippen LogP contribution in [-0.4, -0.2) is 5.78 Å². The minimum absolute atomic E-state index is 0.429. The summed E-state index contributed by atoms with van der Waals surface area (Å²) in [5, 5.41) is 0. The Morgan fingerprint density at radius 3 is 2.92 bits per heavy atom. The average Bonchev–Trinajstić information content (AvgIpc) is 2.50. The van der Waals surface area contributed by atoms with Crippen molar-refractivity contribution in [2.45, 2.75) is 45.4 Å². The van der Waals surface area contributed by atoms with Crippen LogP contribution in [0.2, 0.25) is 0 Å². The van der Waals surface area contributed by atoms with Gasteiger partial charge in [-0.1, -0.05) is 6.92 Å². The van der Waals surface area contributed by atoms with E-state index in [0.717, 1.165) is 18.3 Å². The molecule has 4 atom stereocenters. The maximum Gasteiger partial charge on any atom is 0.136 e. The van der Waals surface area contributed by atoms with Crippen LogP contribution in [-0.2, 0) is 4.79 Å². The van der Waals surface area contributed by atoms with Crippen molar-refractivity contribution in [2.75, 3.05) is 0 Å². The fourth-order valence-electron chi connectivity index (χ4n) is 4.47. The number of rotatable bonds is 0. The van der Waals surface area contributed by atoms with Crippen molar-refractivity contribution in [2.24, 2.45) is 23.2 Å². The number of carbonyl (C=O) groups excluding carboxylic acids is 1. The quantitative estimate of drug-likeness (QED) is 0.557. The van der Waals surface area contributed by atoms with Crippen molar-refractivity contribution in [3.63, 3.8) is 0 Å². The lowest BCUT2D eigenvalue weighted by molar-refractivity contribution is -0.125. The van der Waals surface area contributed by atoms with Gasteiger partial charge in [0.15, 0.2) is 0 Å². The summed E-state index contributed by atoms with van der Waals surface area (Å²) >= 11 is 0. The Bertz CT molecular complexity index is 258. The van der Waals surface area contributed by atoms with Gasteiger partial charge >= 0.3 is 0 Å². The molecule has 1 nitrogen and oxygen atoms in total. The van der Waals surface area contributed by atoms with Gasteiger partial charge in [0.25, 0.3) is 0 Å². The molecule has 0 spiro atoms. The third-order valence-corrected chi connectivity index (χ3v) is 5.18. The minimum atomic E-state index is 0.429. The van der Waals surface area contributed by atoms with Crippen molar-refractivity contribution >= 4 is 5.78 Å². The van der Waals surface area contributed by atoms with E-state index in [0.29, 0.717) is 17.1 Å². The van der Waals surface area contributed by atoms with E-state index in [1.54, 1.807) is 0 Å². The van der Waals surface area contributed by atoms with E-state index in [4.69, 9.17) is 0 Å². The molecule has 0 aromatic heterocycles. The fraction of sp³-hybridized carbons (Fsp3) is 0.917. The molecule has 0 aromatic rings. The van der Waals surface area contributed by atoms with Gasteiger partial charge in [0.2, 0.25) is 0 Å². The van der Waals surface area contributed by atoms with Crippen LogP contribution in [0, 0.1) is 23.2 Å². The van der Waals surface area contributed by atoms with Crippen molar-refractivity contribution in [1.29, 1.82) is 0 Å². The van der Waals surface area contributed by atoms with Gasteiger partial charge in [-0.25, -0.2) is 0 Å². The van der Waals surface area contributed by atoms with Crippen molar-refractivity contribution in [3.8, 4) is 0 Å². The predicted octanol–water partition coefficient (Wildman–Crippen LogP) is 2.79. The van der Waals surface area contributed by atoms with Crippen molar-refractivity contribution in [1.82, 2.24) is 0 Å². The van der Waals surface area contributed by atoms with Gasteiger partial charge in [0, 0.05) is 12.3 Å². The Kier molecular flexibility index (Phi) is 1.46. The number of ketones is 1. The number of hydrogen-bond donors (Lipinski definition) is 0. The molecule has 4 bridgehead atoms. The largest absolute Gasteiger partial charge is 0.299 e. The van der Waals surface area contributed by atoms with Crippen LogP contribution in [0.4, 0.5) is 0 Å². The maximum atomic E-state index is 11.9. The highest BCUT2D eigenvalue weighted by molar-refractivity contribution is 5.82. The summed E-state index contributed by atoms with van der Waals surface area (Å²) in [6.07, 6.45) is 7.38.